The van der Waals surface area contributed by atoms with Gasteiger partial charge >= 0.3 is 0 Å². The molecule has 2 heterocycles. The minimum atomic E-state index is 0.0307. The third-order valence-electron chi connectivity index (χ3n) is 6.03. The lowest BCUT2D eigenvalue weighted by Gasteiger charge is -2.19. The number of carbonyl (C=O) groups excluding carboxylic acids is 1. The molecule has 0 atom stereocenters. The van der Waals surface area contributed by atoms with Crippen molar-refractivity contribution in [1.82, 2.24) is 9.97 Å². The quantitative estimate of drug-likeness (QED) is 0.301. The minimum absolute atomic E-state index is 0.0307. The normalized spacial score (nSPS) is 11.4. The molecule has 0 radical (unpaired) electrons. The van der Waals surface area contributed by atoms with Gasteiger partial charge in [-0.05, 0) is 41.3 Å². The predicted molar refractivity (Wildman–Crippen MR) is 128 cm³/mol. The second-order valence-corrected chi connectivity index (χ2v) is 7.89. The van der Waals surface area contributed by atoms with Crippen molar-refractivity contribution >= 4 is 33.4 Å². The Hall–Kier alpha value is -3.79. The van der Waals surface area contributed by atoms with E-state index >= 15 is 0 Å². The van der Waals surface area contributed by atoms with E-state index in [1.54, 1.807) is 0 Å². The summed E-state index contributed by atoms with van der Waals surface area (Å²) in [6, 6.07) is 25.0. The van der Waals surface area contributed by atoms with E-state index in [0.29, 0.717) is 6.42 Å². The molecule has 31 heavy (non-hydrogen) atoms. The summed E-state index contributed by atoms with van der Waals surface area (Å²) in [5, 5.41) is 5.53. The van der Waals surface area contributed by atoms with E-state index in [4.69, 9.17) is 0 Å². The molecular weight excluding hydrogens is 382 g/mol. The van der Waals surface area contributed by atoms with Crippen LogP contribution in [0.15, 0.2) is 85.2 Å². The van der Waals surface area contributed by atoms with Gasteiger partial charge in [-0.25, -0.2) is 0 Å². The van der Waals surface area contributed by atoms with Crippen LogP contribution in [0.25, 0.3) is 21.8 Å². The topological polar surface area (TPSA) is 60.7 Å². The van der Waals surface area contributed by atoms with Crippen molar-refractivity contribution in [2.24, 2.45) is 0 Å². The van der Waals surface area contributed by atoms with Gasteiger partial charge in [-0.1, -0.05) is 61.5 Å². The first kappa shape index (κ1) is 19.2. The first-order valence-electron chi connectivity index (χ1n) is 10.7. The summed E-state index contributed by atoms with van der Waals surface area (Å²) in [5.41, 5.74) is 6.81. The molecule has 0 aliphatic heterocycles. The Kier molecular flexibility index (Phi) is 5.04. The van der Waals surface area contributed by atoms with Gasteiger partial charge in [0, 0.05) is 52.2 Å². The van der Waals surface area contributed by atoms with E-state index in [1.165, 1.54) is 21.9 Å². The third kappa shape index (κ3) is 3.61. The van der Waals surface area contributed by atoms with Crippen molar-refractivity contribution in [2.45, 2.75) is 25.7 Å². The van der Waals surface area contributed by atoms with Crippen LogP contribution in [0, 0.1) is 0 Å². The van der Waals surface area contributed by atoms with Gasteiger partial charge in [-0.15, -0.1) is 0 Å². The van der Waals surface area contributed by atoms with Gasteiger partial charge < -0.3 is 15.3 Å². The fourth-order valence-corrected chi connectivity index (χ4v) is 4.43. The van der Waals surface area contributed by atoms with E-state index in [1.807, 2.05) is 25.1 Å². The highest BCUT2D eigenvalue weighted by molar-refractivity contribution is 5.92. The first-order chi connectivity index (χ1) is 15.2. The zero-order chi connectivity index (χ0) is 21.2. The second kappa shape index (κ2) is 8.15. The van der Waals surface area contributed by atoms with Crippen molar-refractivity contribution < 1.29 is 4.79 Å². The molecule has 1 amide bonds. The number of amides is 1. The molecule has 0 spiro atoms. The molecule has 3 N–H and O–H groups in total. The molecule has 2 aromatic heterocycles. The zero-order valence-electron chi connectivity index (χ0n) is 17.5. The number of para-hydroxylation sites is 3. The lowest BCUT2D eigenvalue weighted by atomic mass is 9.85. The maximum absolute atomic E-state index is 12.1. The van der Waals surface area contributed by atoms with Gasteiger partial charge in [0.2, 0.25) is 5.91 Å². The largest absolute Gasteiger partial charge is 0.361 e. The summed E-state index contributed by atoms with van der Waals surface area (Å²) < 4.78 is 0. The number of benzene rings is 3. The molecule has 0 unspecified atom stereocenters. The lowest BCUT2D eigenvalue weighted by Crippen LogP contribution is -2.13. The van der Waals surface area contributed by atoms with Gasteiger partial charge in [-0.3, -0.25) is 4.79 Å². The SMILES string of the molecule is CCC(=O)Nc1ccccc1CC(c1c[nH]c2ccccc12)c1c[nH]c2ccccc12. The Balaban J connectivity index is 1.65. The zero-order valence-corrected chi connectivity index (χ0v) is 17.5. The summed E-state index contributed by atoms with van der Waals surface area (Å²) in [6.45, 7) is 1.87. The van der Waals surface area contributed by atoms with Gasteiger partial charge in [0.25, 0.3) is 0 Å². The molecule has 0 bridgehead atoms. The van der Waals surface area contributed by atoms with Crippen LogP contribution in [0.3, 0.4) is 0 Å². The van der Waals surface area contributed by atoms with Gasteiger partial charge in [0.1, 0.15) is 0 Å². The fraction of sp³-hybridized carbons (Fsp3) is 0.148. The summed E-state index contributed by atoms with van der Waals surface area (Å²) >= 11 is 0. The summed E-state index contributed by atoms with van der Waals surface area (Å²) in [6.07, 6.45) is 5.50. The molecule has 0 aliphatic carbocycles. The molecule has 0 aliphatic rings. The number of aromatic nitrogens is 2. The maximum atomic E-state index is 12.1. The summed E-state index contributed by atoms with van der Waals surface area (Å²) in [4.78, 5) is 19.0. The van der Waals surface area contributed by atoms with E-state index in [2.05, 4.69) is 82.3 Å². The molecule has 3 aromatic carbocycles. The molecule has 0 fully saturated rings. The van der Waals surface area contributed by atoms with Crippen molar-refractivity contribution in [3.63, 3.8) is 0 Å². The van der Waals surface area contributed by atoms with E-state index in [0.717, 1.165) is 28.7 Å². The highest BCUT2D eigenvalue weighted by Gasteiger charge is 2.23. The average Bonchev–Trinajstić information content (AvgIpc) is 3.43. The maximum Gasteiger partial charge on any atom is 0.224 e. The first-order valence-corrected chi connectivity index (χ1v) is 10.7. The molecule has 4 heteroatoms. The molecule has 0 saturated carbocycles. The van der Waals surface area contributed by atoms with Crippen LogP contribution in [0.1, 0.15) is 36.0 Å². The molecular formula is C27H25N3O. The van der Waals surface area contributed by atoms with Gasteiger partial charge in [0.05, 0.1) is 0 Å². The van der Waals surface area contributed by atoms with Crippen molar-refractivity contribution in [3.05, 3.63) is 102 Å². The minimum Gasteiger partial charge on any atom is -0.361 e. The number of nitrogens with one attached hydrogen (secondary N) is 3. The third-order valence-corrected chi connectivity index (χ3v) is 6.03. The molecule has 0 saturated heterocycles. The summed E-state index contributed by atoms with van der Waals surface area (Å²) in [7, 11) is 0. The molecule has 154 valence electrons. The van der Waals surface area contributed by atoms with Crippen LogP contribution in [0.2, 0.25) is 0 Å². The molecule has 4 nitrogen and oxygen atoms in total. The molecule has 5 aromatic rings. The molecule has 5 rings (SSSR count). The number of fused-ring (bicyclic) bond motifs is 2. The Labute approximate surface area is 181 Å². The van der Waals surface area contributed by atoms with Gasteiger partial charge in [-0.2, -0.15) is 0 Å². The average molecular weight is 408 g/mol. The van der Waals surface area contributed by atoms with Crippen molar-refractivity contribution in [1.29, 1.82) is 0 Å². The Morgan fingerprint density at radius 3 is 1.97 bits per heavy atom. The number of anilines is 1. The fourth-order valence-electron chi connectivity index (χ4n) is 4.43. The van der Waals surface area contributed by atoms with E-state index in [-0.39, 0.29) is 11.8 Å². The van der Waals surface area contributed by atoms with Gasteiger partial charge in [0.15, 0.2) is 0 Å². The Bertz CT molecular complexity index is 1290. The van der Waals surface area contributed by atoms with Crippen LogP contribution in [0.5, 0.6) is 0 Å². The highest BCUT2D eigenvalue weighted by Crippen LogP contribution is 2.38. The number of carbonyl (C=O) groups is 1. The van der Waals surface area contributed by atoms with Crippen molar-refractivity contribution in [3.8, 4) is 0 Å². The number of hydrogen-bond donors (Lipinski definition) is 3. The predicted octanol–water partition coefficient (Wildman–Crippen LogP) is 6.37. The Morgan fingerprint density at radius 1 is 0.806 bits per heavy atom. The lowest BCUT2D eigenvalue weighted by molar-refractivity contribution is -0.115. The second-order valence-electron chi connectivity index (χ2n) is 7.89. The number of rotatable bonds is 6. The van der Waals surface area contributed by atoms with Crippen LogP contribution in [-0.4, -0.2) is 15.9 Å². The number of hydrogen-bond acceptors (Lipinski definition) is 1. The standard InChI is InChI=1S/C27H25N3O/c1-2-27(31)30-24-12-6-3-9-18(24)15-21(22-16-28-25-13-7-4-10-19(22)25)23-17-29-26-14-8-5-11-20(23)26/h3-14,16-17,21,28-29H,2,15H2,1H3,(H,30,31). The van der Waals surface area contributed by atoms with Crippen LogP contribution >= 0.6 is 0 Å². The van der Waals surface area contributed by atoms with Crippen LogP contribution in [-0.2, 0) is 11.2 Å². The van der Waals surface area contributed by atoms with Crippen molar-refractivity contribution in [2.75, 3.05) is 5.32 Å². The van der Waals surface area contributed by atoms with E-state index < -0.39 is 0 Å². The van der Waals surface area contributed by atoms with E-state index in [9.17, 15) is 4.79 Å². The smallest absolute Gasteiger partial charge is 0.224 e. The number of aromatic amines is 2. The van der Waals surface area contributed by atoms with Crippen LogP contribution < -0.4 is 5.32 Å². The van der Waals surface area contributed by atoms with Crippen LogP contribution in [0.4, 0.5) is 5.69 Å². The highest BCUT2D eigenvalue weighted by atomic mass is 16.1. The summed E-state index contributed by atoms with van der Waals surface area (Å²) in [5.74, 6) is 0.162. The monoisotopic (exact) mass is 407 g/mol. The number of H-pyrrole nitrogens is 2. The Morgan fingerprint density at radius 2 is 1.35 bits per heavy atom.